The van der Waals surface area contributed by atoms with Crippen LogP contribution in [-0.4, -0.2) is 46.9 Å². The van der Waals surface area contributed by atoms with E-state index in [1.165, 1.54) is 68.8 Å². The van der Waals surface area contributed by atoms with Gasteiger partial charge in [-0.15, -0.1) is 0 Å². The molecule has 0 fully saturated rings. The number of aromatic hydroxyl groups is 4. The van der Waals surface area contributed by atoms with E-state index < -0.39 is 28.0 Å². The highest BCUT2D eigenvalue weighted by molar-refractivity contribution is 5.99. The highest BCUT2D eigenvalue weighted by Crippen LogP contribution is 2.49. The van der Waals surface area contributed by atoms with Gasteiger partial charge in [0.15, 0.2) is 28.3 Å². The minimum atomic E-state index is -1.21. The summed E-state index contributed by atoms with van der Waals surface area (Å²) in [7, 11) is 2.80. The molecule has 1 aliphatic rings. The van der Waals surface area contributed by atoms with Gasteiger partial charge in [-0.1, -0.05) is 6.07 Å². The van der Waals surface area contributed by atoms with Gasteiger partial charge in [-0.05, 0) is 37.3 Å². The molecule has 2 aromatic heterocycles. The molecule has 0 radical (unpaired) electrons. The Bertz CT molecular complexity index is 2380. The van der Waals surface area contributed by atoms with E-state index in [4.69, 9.17) is 27.8 Å². The molecule has 45 heavy (non-hydrogen) atoms. The molecule has 0 aliphatic carbocycles. The highest BCUT2D eigenvalue weighted by Gasteiger charge is 2.36. The average molecular weight is 613 g/mol. The molecule has 12 heteroatoms. The predicted octanol–water partition coefficient (Wildman–Crippen LogP) is 5.29. The summed E-state index contributed by atoms with van der Waals surface area (Å²) in [6.45, 7) is 1.57. The average Bonchev–Trinajstić information content (AvgIpc) is 3.00. The van der Waals surface area contributed by atoms with E-state index in [0.717, 1.165) is 0 Å². The summed E-state index contributed by atoms with van der Waals surface area (Å²) in [5.41, 5.74) is -2.45. The molecule has 4 aromatic carbocycles. The molecular weight excluding hydrogens is 588 g/mol. The van der Waals surface area contributed by atoms with Gasteiger partial charge in [-0.25, -0.2) is 0 Å². The van der Waals surface area contributed by atoms with Crippen molar-refractivity contribution in [3.63, 3.8) is 0 Å². The summed E-state index contributed by atoms with van der Waals surface area (Å²) in [4.78, 5) is 26.6. The van der Waals surface area contributed by atoms with Gasteiger partial charge in [0.05, 0.1) is 30.6 Å². The minimum Gasteiger partial charge on any atom is -0.507 e. The number of methoxy groups -OCH3 is 2. The van der Waals surface area contributed by atoms with E-state index in [1.807, 2.05) is 0 Å². The molecule has 3 heterocycles. The molecule has 1 atom stereocenters. The zero-order valence-electron chi connectivity index (χ0n) is 24.0. The summed E-state index contributed by atoms with van der Waals surface area (Å²) in [5, 5.41) is 42.4. The van der Waals surface area contributed by atoms with Crippen LogP contribution in [0.25, 0.3) is 50.0 Å². The number of hydrogen-bond donors (Lipinski definition) is 4. The van der Waals surface area contributed by atoms with Crippen molar-refractivity contribution in [2.24, 2.45) is 0 Å². The number of hydrogen-bond acceptors (Lipinski definition) is 12. The summed E-state index contributed by atoms with van der Waals surface area (Å²) in [5.74, 6) is -0.841. The largest absolute Gasteiger partial charge is 0.507 e. The van der Waals surface area contributed by atoms with Crippen molar-refractivity contribution in [3.8, 4) is 46.0 Å². The first kappa shape index (κ1) is 27.8. The molecule has 1 aliphatic heterocycles. The maximum Gasteiger partial charge on any atom is 0.209 e. The van der Waals surface area contributed by atoms with Gasteiger partial charge in [-0.3, -0.25) is 9.59 Å². The quantitative estimate of drug-likeness (QED) is 0.189. The molecule has 228 valence electrons. The van der Waals surface area contributed by atoms with Gasteiger partial charge in [0.25, 0.3) is 0 Å². The molecule has 0 bridgehead atoms. The Morgan fingerprint density at radius 2 is 1.53 bits per heavy atom. The first-order chi connectivity index (χ1) is 21.5. The number of phenols is 4. The van der Waals surface area contributed by atoms with Crippen molar-refractivity contribution in [2.45, 2.75) is 12.5 Å². The Morgan fingerprint density at radius 3 is 2.29 bits per heavy atom. The van der Waals surface area contributed by atoms with Crippen LogP contribution in [0.1, 0.15) is 12.5 Å². The molecule has 0 saturated carbocycles. The lowest BCUT2D eigenvalue weighted by molar-refractivity contribution is 0.0424. The molecular formula is C33H24O12. The van der Waals surface area contributed by atoms with Crippen LogP contribution in [0.15, 0.2) is 67.0 Å². The van der Waals surface area contributed by atoms with Gasteiger partial charge in [0.2, 0.25) is 22.4 Å². The third-order valence-electron chi connectivity index (χ3n) is 7.75. The van der Waals surface area contributed by atoms with Crippen LogP contribution in [0.2, 0.25) is 0 Å². The number of fused-ring (bicyclic) bond motifs is 6. The lowest BCUT2D eigenvalue weighted by Gasteiger charge is -2.34. The lowest BCUT2D eigenvalue weighted by Crippen LogP contribution is -2.40. The maximum absolute atomic E-state index is 13.4. The molecule has 0 amide bonds. The highest BCUT2D eigenvalue weighted by atomic mass is 16.6. The van der Waals surface area contributed by atoms with Crippen molar-refractivity contribution in [1.29, 1.82) is 0 Å². The second kappa shape index (κ2) is 9.74. The number of benzene rings is 4. The van der Waals surface area contributed by atoms with Gasteiger partial charge >= 0.3 is 0 Å². The first-order valence-corrected chi connectivity index (χ1v) is 13.6. The smallest absolute Gasteiger partial charge is 0.209 e. The predicted molar refractivity (Wildman–Crippen MR) is 163 cm³/mol. The van der Waals surface area contributed by atoms with E-state index in [9.17, 15) is 30.0 Å². The Labute approximate surface area is 252 Å². The molecule has 0 saturated heterocycles. The van der Waals surface area contributed by atoms with Crippen LogP contribution in [0.3, 0.4) is 0 Å². The first-order valence-electron chi connectivity index (χ1n) is 13.6. The van der Waals surface area contributed by atoms with Crippen LogP contribution in [0.5, 0.6) is 46.0 Å². The van der Waals surface area contributed by atoms with Crippen LogP contribution in [-0.2, 0) is 0 Å². The summed E-state index contributed by atoms with van der Waals surface area (Å²) in [6.07, 6.45) is 2.90. The number of para-hydroxylation sites is 1. The van der Waals surface area contributed by atoms with Gasteiger partial charge < -0.3 is 48.2 Å². The Morgan fingerprint density at radius 1 is 0.800 bits per heavy atom. The summed E-state index contributed by atoms with van der Waals surface area (Å²) < 4.78 is 34.8. The fourth-order valence-corrected chi connectivity index (χ4v) is 5.48. The van der Waals surface area contributed by atoms with Crippen LogP contribution >= 0.6 is 0 Å². The second-order valence-corrected chi connectivity index (χ2v) is 10.7. The van der Waals surface area contributed by atoms with E-state index in [0.29, 0.717) is 0 Å². The third kappa shape index (κ3) is 4.13. The Hall–Kier alpha value is -6.04. The van der Waals surface area contributed by atoms with Crippen molar-refractivity contribution >= 4 is 50.0 Å². The van der Waals surface area contributed by atoms with Gasteiger partial charge in [-0.2, -0.15) is 0 Å². The monoisotopic (exact) mass is 612 g/mol. The molecule has 6 aromatic rings. The Kier molecular flexibility index (Phi) is 6.01. The summed E-state index contributed by atoms with van der Waals surface area (Å²) >= 11 is 0. The van der Waals surface area contributed by atoms with Crippen LogP contribution in [0, 0.1) is 0 Å². The molecule has 0 spiro atoms. The van der Waals surface area contributed by atoms with Crippen molar-refractivity contribution < 1.29 is 48.2 Å². The van der Waals surface area contributed by atoms with Crippen LogP contribution in [0.4, 0.5) is 0 Å². The topological polar surface area (TPSA) is 178 Å². The zero-order valence-corrected chi connectivity index (χ0v) is 24.0. The fraction of sp³-hybridized carbons (Fsp3) is 0.152. The van der Waals surface area contributed by atoms with E-state index in [2.05, 4.69) is 0 Å². The number of phenolic OH excluding ortho intramolecular Hbond substituents is 4. The zero-order chi connectivity index (χ0) is 31.8. The fourth-order valence-electron chi connectivity index (χ4n) is 5.48. The SMILES string of the molecule is COc1cc(O)c2c(=O)c3cc(OC)c4c(c3oc2c1)OCC(C)(/C=C/c1c(O)cc2oc3c(O)cccc3c(=O)c2c1O)O4. The van der Waals surface area contributed by atoms with E-state index >= 15 is 0 Å². The second-order valence-electron chi connectivity index (χ2n) is 10.7. The Balaban J connectivity index is 1.33. The van der Waals surface area contributed by atoms with Crippen molar-refractivity contribution in [3.05, 3.63) is 74.6 Å². The van der Waals surface area contributed by atoms with Crippen LogP contribution < -0.4 is 29.8 Å². The standard InChI is InChI=1S/C33H24O12/c1-33(8-7-15-19(35)12-22-25(26(15)37)27(38)16-5-4-6-18(34)29(16)43-22)13-42-32-30-17(11-23(41-3)31(32)45-33)28(39)24-20(36)9-14(40-2)10-21(24)44-30/h4-12,34-37H,13H2,1-3H3/b8-7+. The van der Waals surface area contributed by atoms with Gasteiger partial charge in [0, 0.05) is 18.2 Å². The third-order valence-corrected chi connectivity index (χ3v) is 7.75. The molecule has 12 nitrogen and oxygen atoms in total. The lowest BCUT2D eigenvalue weighted by atomic mass is 10.0. The molecule has 1 unspecified atom stereocenters. The maximum atomic E-state index is 13.4. The number of ether oxygens (including phenoxy) is 4. The normalized spacial score (nSPS) is 16.2. The van der Waals surface area contributed by atoms with E-state index in [1.54, 1.807) is 6.92 Å². The summed E-state index contributed by atoms with van der Waals surface area (Å²) in [6, 6.07) is 9.66. The van der Waals surface area contributed by atoms with E-state index in [-0.39, 0.29) is 90.5 Å². The van der Waals surface area contributed by atoms with Crippen molar-refractivity contribution in [1.82, 2.24) is 0 Å². The molecule has 7 rings (SSSR count). The number of rotatable bonds is 4. The minimum absolute atomic E-state index is 0.0383. The molecule has 4 N–H and O–H groups in total. The van der Waals surface area contributed by atoms with Crippen molar-refractivity contribution in [2.75, 3.05) is 20.8 Å². The van der Waals surface area contributed by atoms with Gasteiger partial charge in [0.1, 0.15) is 51.5 Å².